The second kappa shape index (κ2) is 8.95. The van der Waals surface area contributed by atoms with E-state index in [9.17, 15) is 17.6 Å². The number of nitrogens with zero attached hydrogens (tertiary/aromatic N) is 4. The lowest BCUT2D eigenvalue weighted by molar-refractivity contribution is -0.114. The van der Waals surface area contributed by atoms with Gasteiger partial charge in [-0.15, -0.1) is 10.2 Å². The second-order valence-electron chi connectivity index (χ2n) is 5.84. The average Bonchev–Trinajstić information content (AvgIpc) is 2.99. The van der Waals surface area contributed by atoms with Gasteiger partial charge in [-0.05, 0) is 12.1 Å². The maximum absolute atomic E-state index is 14.2. The van der Waals surface area contributed by atoms with Gasteiger partial charge in [0.2, 0.25) is 11.0 Å². The summed E-state index contributed by atoms with van der Waals surface area (Å²) < 4.78 is 41.6. The van der Waals surface area contributed by atoms with E-state index in [-0.39, 0.29) is 10.8 Å². The summed E-state index contributed by atoms with van der Waals surface area (Å²) in [5.74, 6) is -1.40. The van der Waals surface area contributed by atoms with Crippen LogP contribution in [0.15, 0.2) is 28.6 Å². The summed E-state index contributed by atoms with van der Waals surface area (Å²) in [6, 6.07) is 5.36. The SMILES string of the molecule is CC(C)Sc1nnc(NC(=O)CN(c2ccccc2F)S(=O)(=O)N(C)C)s1. The molecule has 2 aromatic rings. The molecule has 1 aromatic heterocycles. The molecule has 0 aliphatic rings. The standard InChI is InChI=1S/C15H20FN5O3S3/c1-10(2)25-15-19-18-14(26-15)17-13(22)9-21(27(23,24)20(3)4)12-8-6-5-7-11(12)16/h5-8,10H,9H2,1-4H3,(H,17,18,22). The molecule has 1 amide bonds. The first-order chi connectivity index (χ1) is 12.6. The number of para-hydroxylation sites is 1. The lowest BCUT2D eigenvalue weighted by Gasteiger charge is -2.26. The van der Waals surface area contributed by atoms with Crippen molar-refractivity contribution in [3.8, 4) is 0 Å². The number of carbonyl (C=O) groups excluding carboxylic acids is 1. The van der Waals surface area contributed by atoms with Crippen molar-refractivity contribution in [3.63, 3.8) is 0 Å². The molecule has 0 spiro atoms. The number of halogens is 1. The lowest BCUT2D eigenvalue weighted by atomic mass is 10.3. The predicted molar refractivity (Wildman–Crippen MR) is 106 cm³/mol. The fourth-order valence-corrected chi connectivity index (χ4v) is 5.00. The molecular weight excluding hydrogens is 413 g/mol. The molecule has 0 aliphatic heterocycles. The van der Waals surface area contributed by atoms with Crippen molar-refractivity contribution in [2.45, 2.75) is 23.4 Å². The van der Waals surface area contributed by atoms with Crippen LogP contribution in [-0.2, 0) is 15.0 Å². The largest absolute Gasteiger partial charge is 0.304 e. The first-order valence-corrected chi connectivity index (χ1v) is 10.9. The fourth-order valence-electron chi connectivity index (χ4n) is 1.94. The molecule has 0 radical (unpaired) electrons. The zero-order valence-electron chi connectivity index (χ0n) is 15.2. The summed E-state index contributed by atoms with van der Waals surface area (Å²) in [5.41, 5.74) is -0.213. The topological polar surface area (TPSA) is 95.5 Å². The van der Waals surface area contributed by atoms with E-state index < -0.39 is 28.5 Å². The van der Waals surface area contributed by atoms with Crippen LogP contribution in [0.1, 0.15) is 13.8 Å². The Morgan fingerprint density at radius 3 is 2.56 bits per heavy atom. The second-order valence-corrected chi connectivity index (χ2v) is 10.7. The van der Waals surface area contributed by atoms with Gasteiger partial charge in [0, 0.05) is 19.3 Å². The van der Waals surface area contributed by atoms with E-state index in [1.165, 1.54) is 55.4 Å². The highest BCUT2D eigenvalue weighted by Gasteiger charge is 2.29. The highest BCUT2D eigenvalue weighted by Crippen LogP contribution is 2.28. The molecule has 0 aliphatic carbocycles. The third kappa shape index (κ3) is 5.61. The Kier molecular flexibility index (Phi) is 7.14. The van der Waals surface area contributed by atoms with Crippen molar-refractivity contribution >= 4 is 50.0 Å². The molecule has 0 saturated carbocycles. The van der Waals surface area contributed by atoms with E-state index >= 15 is 0 Å². The summed E-state index contributed by atoms with van der Waals surface area (Å²) in [6.07, 6.45) is 0. The number of aromatic nitrogens is 2. The highest BCUT2D eigenvalue weighted by atomic mass is 32.2. The van der Waals surface area contributed by atoms with Gasteiger partial charge in [0.25, 0.3) is 0 Å². The Hall–Kier alpha value is -1.76. The number of anilines is 2. The van der Waals surface area contributed by atoms with Gasteiger partial charge in [0.1, 0.15) is 12.4 Å². The third-order valence-electron chi connectivity index (χ3n) is 3.14. The number of hydrogen-bond acceptors (Lipinski definition) is 7. The Morgan fingerprint density at radius 2 is 1.96 bits per heavy atom. The number of nitrogens with one attached hydrogen (secondary N) is 1. The molecule has 148 valence electrons. The van der Waals surface area contributed by atoms with Crippen LogP contribution in [0.25, 0.3) is 0 Å². The van der Waals surface area contributed by atoms with Crippen molar-refractivity contribution < 1.29 is 17.6 Å². The van der Waals surface area contributed by atoms with Gasteiger partial charge in [-0.2, -0.15) is 12.7 Å². The van der Waals surface area contributed by atoms with Crippen molar-refractivity contribution in [2.75, 3.05) is 30.3 Å². The minimum atomic E-state index is -4.08. The van der Waals surface area contributed by atoms with Crippen LogP contribution in [0.4, 0.5) is 15.2 Å². The van der Waals surface area contributed by atoms with E-state index in [1.54, 1.807) is 0 Å². The van der Waals surface area contributed by atoms with Gasteiger partial charge in [-0.3, -0.25) is 10.1 Å². The Labute approximate surface area is 166 Å². The van der Waals surface area contributed by atoms with E-state index in [0.29, 0.717) is 13.9 Å². The molecule has 1 heterocycles. The minimum Gasteiger partial charge on any atom is -0.299 e. The number of carbonyl (C=O) groups is 1. The van der Waals surface area contributed by atoms with Crippen molar-refractivity contribution in [1.82, 2.24) is 14.5 Å². The van der Waals surface area contributed by atoms with Crippen molar-refractivity contribution in [2.24, 2.45) is 0 Å². The molecule has 12 heteroatoms. The normalized spacial score (nSPS) is 11.8. The average molecular weight is 434 g/mol. The quantitative estimate of drug-likeness (QED) is 0.507. The predicted octanol–water partition coefficient (Wildman–Crippen LogP) is 2.43. The summed E-state index contributed by atoms with van der Waals surface area (Å²) in [4.78, 5) is 12.4. The van der Waals surface area contributed by atoms with Crippen LogP contribution in [0.3, 0.4) is 0 Å². The van der Waals surface area contributed by atoms with E-state index in [2.05, 4.69) is 15.5 Å². The number of amides is 1. The smallest absolute Gasteiger partial charge is 0.299 e. The zero-order chi connectivity index (χ0) is 20.2. The zero-order valence-corrected chi connectivity index (χ0v) is 17.7. The van der Waals surface area contributed by atoms with Gasteiger partial charge in [-0.25, -0.2) is 8.70 Å². The number of benzene rings is 1. The molecular formula is C15H20FN5O3S3. The van der Waals surface area contributed by atoms with Crippen molar-refractivity contribution in [3.05, 3.63) is 30.1 Å². The first kappa shape index (κ1) is 21.5. The van der Waals surface area contributed by atoms with Crippen LogP contribution < -0.4 is 9.62 Å². The van der Waals surface area contributed by atoms with Gasteiger partial charge in [0.15, 0.2) is 4.34 Å². The molecule has 1 aromatic carbocycles. The van der Waals surface area contributed by atoms with E-state index in [0.717, 1.165) is 10.4 Å². The summed E-state index contributed by atoms with van der Waals surface area (Å²) >= 11 is 2.68. The van der Waals surface area contributed by atoms with Crippen molar-refractivity contribution in [1.29, 1.82) is 0 Å². The van der Waals surface area contributed by atoms with Gasteiger partial charge in [0.05, 0.1) is 5.69 Å². The van der Waals surface area contributed by atoms with Gasteiger partial charge in [-0.1, -0.05) is 49.1 Å². The van der Waals surface area contributed by atoms with Crippen LogP contribution in [-0.4, -0.2) is 54.7 Å². The molecule has 2 rings (SSSR count). The highest BCUT2D eigenvalue weighted by molar-refractivity contribution is 8.01. The molecule has 0 fully saturated rings. The van der Waals surface area contributed by atoms with Crippen LogP contribution in [0, 0.1) is 5.82 Å². The first-order valence-electron chi connectivity index (χ1n) is 7.86. The number of thioether (sulfide) groups is 1. The lowest BCUT2D eigenvalue weighted by Crippen LogP contribution is -2.44. The maximum atomic E-state index is 14.2. The van der Waals surface area contributed by atoms with Gasteiger partial charge < -0.3 is 0 Å². The third-order valence-corrected chi connectivity index (χ3v) is 6.87. The Bertz CT molecular complexity index is 902. The molecule has 0 bridgehead atoms. The van der Waals surface area contributed by atoms with Crippen LogP contribution >= 0.6 is 23.1 Å². The number of hydrogen-bond donors (Lipinski definition) is 1. The number of rotatable bonds is 8. The van der Waals surface area contributed by atoms with Crippen LogP contribution in [0.5, 0.6) is 0 Å². The summed E-state index contributed by atoms with van der Waals surface area (Å²) in [6.45, 7) is 3.40. The van der Waals surface area contributed by atoms with Crippen LogP contribution in [0.2, 0.25) is 0 Å². The molecule has 0 atom stereocenters. The Balaban J connectivity index is 2.21. The van der Waals surface area contributed by atoms with E-state index in [1.807, 2.05) is 13.8 Å². The molecule has 0 saturated heterocycles. The minimum absolute atomic E-state index is 0.213. The monoisotopic (exact) mass is 433 g/mol. The maximum Gasteiger partial charge on any atom is 0.304 e. The molecule has 0 unspecified atom stereocenters. The van der Waals surface area contributed by atoms with Gasteiger partial charge >= 0.3 is 10.2 Å². The summed E-state index contributed by atoms with van der Waals surface area (Å²) in [7, 11) is -1.47. The Morgan fingerprint density at radius 1 is 1.30 bits per heavy atom. The molecule has 1 N–H and O–H groups in total. The molecule has 27 heavy (non-hydrogen) atoms. The molecule has 8 nitrogen and oxygen atoms in total. The fraction of sp³-hybridized carbons (Fsp3) is 0.400. The summed E-state index contributed by atoms with van der Waals surface area (Å²) in [5, 5.41) is 10.9. The van der Waals surface area contributed by atoms with E-state index in [4.69, 9.17) is 0 Å².